The summed E-state index contributed by atoms with van der Waals surface area (Å²) in [6.07, 6.45) is 4.30. The van der Waals surface area contributed by atoms with Crippen LogP contribution in [0.15, 0.2) is 18.3 Å². The highest BCUT2D eigenvalue weighted by atomic mass is 32.1. The molecular formula is C13H19N3OS. The third-order valence-corrected chi connectivity index (χ3v) is 3.41. The van der Waals surface area contributed by atoms with Crippen molar-refractivity contribution in [2.45, 2.75) is 25.9 Å². The van der Waals surface area contributed by atoms with E-state index < -0.39 is 0 Å². The van der Waals surface area contributed by atoms with Crippen LogP contribution < -0.4 is 10.6 Å². The smallest absolute Gasteiger partial charge is 0.122 e. The molecule has 0 spiro atoms. The van der Waals surface area contributed by atoms with Gasteiger partial charge in [-0.05, 0) is 31.9 Å². The highest BCUT2D eigenvalue weighted by Gasteiger charge is 2.19. The van der Waals surface area contributed by atoms with E-state index in [-0.39, 0.29) is 0 Å². The van der Waals surface area contributed by atoms with Crippen molar-refractivity contribution in [2.24, 2.45) is 5.73 Å². The summed E-state index contributed by atoms with van der Waals surface area (Å²) < 4.78 is 5.65. The van der Waals surface area contributed by atoms with Crippen LogP contribution in [0.25, 0.3) is 0 Å². The number of ether oxygens (including phenoxy) is 1. The number of nitrogens with zero attached hydrogens (tertiary/aromatic N) is 2. The molecule has 1 fully saturated rings. The maximum absolute atomic E-state index is 5.65. The molecule has 1 aromatic rings. The third-order valence-electron chi connectivity index (χ3n) is 3.21. The van der Waals surface area contributed by atoms with Crippen molar-refractivity contribution in [3.63, 3.8) is 0 Å². The number of piperidine rings is 1. The summed E-state index contributed by atoms with van der Waals surface area (Å²) in [5.41, 5.74) is 7.43. The maximum Gasteiger partial charge on any atom is 0.122 e. The van der Waals surface area contributed by atoms with Gasteiger partial charge in [0.25, 0.3) is 0 Å². The van der Waals surface area contributed by atoms with Gasteiger partial charge in [0.05, 0.1) is 11.8 Å². The van der Waals surface area contributed by atoms with E-state index in [1.807, 2.05) is 19.1 Å². The summed E-state index contributed by atoms with van der Waals surface area (Å²) in [5.74, 6) is 0. The van der Waals surface area contributed by atoms with Gasteiger partial charge in [-0.1, -0.05) is 12.2 Å². The predicted molar refractivity (Wildman–Crippen MR) is 77.0 cm³/mol. The number of rotatable bonds is 4. The Labute approximate surface area is 113 Å². The van der Waals surface area contributed by atoms with Gasteiger partial charge in [0.15, 0.2) is 0 Å². The minimum absolute atomic E-state index is 0.348. The average molecular weight is 265 g/mol. The fourth-order valence-corrected chi connectivity index (χ4v) is 2.38. The largest absolute Gasteiger partial charge is 0.388 e. The van der Waals surface area contributed by atoms with Crippen LogP contribution in [0.5, 0.6) is 0 Å². The lowest BCUT2D eigenvalue weighted by atomic mass is 10.1. The third kappa shape index (κ3) is 3.17. The highest BCUT2D eigenvalue weighted by Crippen LogP contribution is 2.21. The first-order valence-electron chi connectivity index (χ1n) is 6.33. The van der Waals surface area contributed by atoms with Crippen molar-refractivity contribution in [3.05, 3.63) is 24.0 Å². The van der Waals surface area contributed by atoms with E-state index in [2.05, 4.69) is 9.88 Å². The molecule has 98 valence electrons. The van der Waals surface area contributed by atoms with Crippen molar-refractivity contribution in [1.82, 2.24) is 4.98 Å². The second kappa shape index (κ2) is 6.11. The van der Waals surface area contributed by atoms with Crippen molar-refractivity contribution < 1.29 is 4.74 Å². The number of hydrogen-bond donors (Lipinski definition) is 1. The minimum atomic E-state index is 0.348. The highest BCUT2D eigenvalue weighted by molar-refractivity contribution is 7.80. The molecule has 0 atom stereocenters. The molecule has 0 unspecified atom stereocenters. The molecule has 1 aromatic heterocycles. The van der Waals surface area contributed by atoms with Gasteiger partial charge in [0, 0.05) is 31.6 Å². The molecule has 0 bridgehead atoms. The zero-order valence-electron chi connectivity index (χ0n) is 10.6. The molecule has 0 radical (unpaired) electrons. The maximum atomic E-state index is 5.65. The second-order valence-corrected chi connectivity index (χ2v) is 4.85. The topological polar surface area (TPSA) is 51.4 Å². The minimum Gasteiger partial charge on any atom is -0.388 e. The first-order valence-corrected chi connectivity index (χ1v) is 6.74. The Morgan fingerprint density at radius 1 is 1.56 bits per heavy atom. The van der Waals surface area contributed by atoms with E-state index in [0.717, 1.165) is 38.2 Å². The van der Waals surface area contributed by atoms with E-state index in [4.69, 9.17) is 22.7 Å². The van der Waals surface area contributed by atoms with E-state index >= 15 is 0 Å². The average Bonchev–Trinajstić information content (AvgIpc) is 2.40. The van der Waals surface area contributed by atoms with Crippen LogP contribution in [0, 0.1) is 0 Å². The Balaban J connectivity index is 2.01. The Kier molecular flexibility index (Phi) is 4.49. The number of nitrogens with two attached hydrogens (primary N) is 1. The monoisotopic (exact) mass is 265 g/mol. The molecule has 18 heavy (non-hydrogen) atoms. The Bertz CT molecular complexity index is 416. The number of aromatic nitrogens is 1. The summed E-state index contributed by atoms with van der Waals surface area (Å²) in [4.78, 5) is 6.84. The first-order chi connectivity index (χ1) is 8.70. The number of thiocarbonyl (C=S) groups is 1. The molecule has 1 aliphatic heterocycles. The first kappa shape index (κ1) is 13.2. The summed E-state index contributed by atoms with van der Waals surface area (Å²) in [6, 6.07) is 3.96. The molecule has 2 rings (SSSR count). The van der Waals surface area contributed by atoms with Crippen LogP contribution in [0.3, 0.4) is 0 Å². The molecule has 1 aliphatic rings. The van der Waals surface area contributed by atoms with E-state index in [1.165, 1.54) is 0 Å². The van der Waals surface area contributed by atoms with Crippen LogP contribution >= 0.6 is 12.2 Å². The molecule has 0 aromatic carbocycles. The molecule has 2 N–H and O–H groups in total. The molecule has 0 aliphatic carbocycles. The standard InChI is InChI=1S/C13H19N3OS/c1-2-17-11-4-7-16(8-5-11)10-3-6-15-12(9-10)13(14)18/h3,6,9,11H,2,4-5,7-8H2,1H3,(H2,14,18). The van der Waals surface area contributed by atoms with Crippen molar-refractivity contribution >= 4 is 22.9 Å². The number of pyridine rings is 1. The Hall–Kier alpha value is -1.20. The zero-order chi connectivity index (χ0) is 13.0. The van der Waals surface area contributed by atoms with Crippen molar-refractivity contribution in [2.75, 3.05) is 24.6 Å². The van der Waals surface area contributed by atoms with Gasteiger partial charge in [0.2, 0.25) is 0 Å². The lowest BCUT2D eigenvalue weighted by molar-refractivity contribution is 0.0459. The summed E-state index contributed by atoms with van der Waals surface area (Å²) in [5, 5.41) is 0. The Morgan fingerprint density at radius 2 is 2.28 bits per heavy atom. The fourth-order valence-electron chi connectivity index (χ4n) is 2.27. The van der Waals surface area contributed by atoms with E-state index in [1.54, 1.807) is 6.20 Å². The SMILES string of the molecule is CCOC1CCN(c2ccnc(C(N)=S)c2)CC1. The summed E-state index contributed by atoms with van der Waals surface area (Å²) in [7, 11) is 0. The van der Waals surface area contributed by atoms with Gasteiger partial charge in [0.1, 0.15) is 4.99 Å². The normalized spacial score (nSPS) is 16.8. The van der Waals surface area contributed by atoms with Gasteiger partial charge in [-0.2, -0.15) is 0 Å². The van der Waals surface area contributed by atoms with Crippen molar-refractivity contribution in [3.8, 4) is 0 Å². The van der Waals surface area contributed by atoms with Gasteiger partial charge >= 0.3 is 0 Å². The number of anilines is 1. The van der Waals surface area contributed by atoms with Crippen molar-refractivity contribution in [1.29, 1.82) is 0 Å². The van der Waals surface area contributed by atoms with Crippen LogP contribution in [0.2, 0.25) is 0 Å². The molecular weight excluding hydrogens is 246 g/mol. The molecule has 0 saturated carbocycles. The zero-order valence-corrected chi connectivity index (χ0v) is 11.4. The van der Waals surface area contributed by atoms with Gasteiger partial charge in [-0.25, -0.2) is 0 Å². The van der Waals surface area contributed by atoms with Gasteiger partial charge < -0.3 is 15.4 Å². The van der Waals surface area contributed by atoms with E-state index in [9.17, 15) is 0 Å². The molecule has 5 heteroatoms. The van der Waals surface area contributed by atoms with Gasteiger partial charge in [-0.15, -0.1) is 0 Å². The number of hydrogen-bond acceptors (Lipinski definition) is 4. The summed E-state index contributed by atoms with van der Waals surface area (Å²) >= 11 is 4.95. The molecule has 1 saturated heterocycles. The molecule has 2 heterocycles. The predicted octanol–water partition coefficient (Wildman–Crippen LogP) is 1.72. The molecule has 0 amide bonds. The lowest BCUT2D eigenvalue weighted by Gasteiger charge is -2.33. The molecule has 4 nitrogen and oxygen atoms in total. The summed E-state index contributed by atoms with van der Waals surface area (Å²) in [6.45, 7) is 4.85. The lowest BCUT2D eigenvalue weighted by Crippen LogP contribution is -2.37. The fraction of sp³-hybridized carbons (Fsp3) is 0.538. The van der Waals surface area contributed by atoms with Crippen LogP contribution in [0.1, 0.15) is 25.5 Å². The second-order valence-electron chi connectivity index (χ2n) is 4.41. The Morgan fingerprint density at radius 3 is 2.89 bits per heavy atom. The van der Waals surface area contributed by atoms with Crippen LogP contribution in [0.4, 0.5) is 5.69 Å². The van der Waals surface area contributed by atoms with E-state index in [0.29, 0.717) is 16.8 Å². The van der Waals surface area contributed by atoms with Crippen LogP contribution in [-0.2, 0) is 4.74 Å². The van der Waals surface area contributed by atoms with Gasteiger partial charge in [-0.3, -0.25) is 4.98 Å². The van der Waals surface area contributed by atoms with Crippen LogP contribution in [-0.4, -0.2) is 35.8 Å². The quantitative estimate of drug-likeness (QED) is 0.840.